The molecule has 156 valence electrons. The van der Waals surface area contributed by atoms with Gasteiger partial charge < -0.3 is 0 Å². The van der Waals surface area contributed by atoms with Crippen LogP contribution in [0.1, 0.15) is 25.0 Å². The van der Waals surface area contributed by atoms with Crippen molar-refractivity contribution in [2.75, 3.05) is 19.4 Å². The summed E-state index contributed by atoms with van der Waals surface area (Å²) in [5, 5.41) is 3.35. The minimum atomic E-state index is -3.54. The van der Waals surface area contributed by atoms with Gasteiger partial charge in [-0.25, -0.2) is 0 Å². The Labute approximate surface area is 180 Å². The zero-order valence-corrected chi connectivity index (χ0v) is 20.2. The van der Waals surface area contributed by atoms with Crippen LogP contribution in [0.4, 0.5) is 5.69 Å². The molecule has 0 fully saturated rings. The number of benzene rings is 2. The van der Waals surface area contributed by atoms with Gasteiger partial charge in [0.15, 0.2) is 0 Å². The first-order valence-corrected chi connectivity index (χ1v) is 15.4. The molecule has 2 aromatic carbocycles. The van der Waals surface area contributed by atoms with Gasteiger partial charge in [0.1, 0.15) is 0 Å². The topological polar surface area (TPSA) is 58.6 Å². The molecule has 5 nitrogen and oxygen atoms in total. The monoisotopic (exact) mass is 532 g/mol. The summed E-state index contributed by atoms with van der Waals surface area (Å²) >= 11 is -2.14. The van der Waals surface area contributed by atoms with E-state index in [1.54, 1.807) is 22.8 Å². The standard InChI is InChI=1S/C19H24N2O3S.2ClH.Ru/c1-14(2)24-19-9-7-6-8-18(19)20-13-16-10-11-17(12-15(16)3)25(22,23)21(4)5;;;/h3,6-12,14,20H,13H2,1-2,4-5H3;2*1H;/q;;;+2/p-2. The van der Waals surface area contributed by atoms with Gasteiger partial charge in [0, 0.05) is 0 Å². The van der Waals surface area contributed by atoms with Crippen molar-refractivity contribution in [2.45, 2.75) is 31.4 Å². The van der Waals surface area contributed by atoms with Crippen molar-refractivity contribution < 1.29 is 26.7 Å². The molecule has 0 radical (unpaired) electrons. The van der Waals surface area contributed by atoms with E-state index in [4.69, 9.17) is 24.1 Å². The van der Waals surface area contributed by atoms with Crippen LogP contribution in [0.2, 0.25) is 0 Å². The fourth-order valence-electron chi connectivity index (χ4n) is 2.44. The van der Waals surface area contributed by atoms with Crippen LogP contribution in [0.15, 0.2) is 47.4 Å². The van der Waals surface area contributed by atoms with Crippen LogP contribution in [-0.2, 0) is 30.1 Å². The summed E-state index contributed by atoms with van der Waals surface area (Å²) in [6.07, 6.45) is 0.0572. The molecular weight excluding hydrogens is 508 g/mol. The Kier molecular flexibility index (Phi) is 8.47. The maximum atomic E-state index is 12.4. The van der Waals surface area contributed by atoms with E-state index in [2.05, 4.69) is 5.32 Å². The molecule has 0 atom stereocenters. The number of sulfonamides is 1. The van der Waals surface area contributed by atoms with Crippen LogP contribution >= 0.6 is 19.4 Å². The number of nitrogens with zero attached hydrogens (tertiary/aromatic N) is 1. The van der Waals surface area contributed by atoms with Gasteiger partial charge in [0.05, 0.1) is 0 Å². The van der Waals surface area contributed by atoms with E-state index in [0.717, 1.165) is 22.6 Å². The molecule has 1 N–H and O–H groups in total. The Bertz CT molecular complexity index is 959. The van der Waals surface area contributed by atoms with Gasteiger partial charge in [0.2, 0.25) is 0 Å². The van der Waals surface area contributed by atoms with Crippen molar-refractivity contribution in [2.24, 2.45) is 0 Å². The molecule has 9 heteroatoms. The molecule has 0 aliphatic carbocycles. The molecule has 0 saturated carbocycles. The third-order valence-electron chi connectivity index (χ3n) is 3.80. The predicted octanol–water partition coefficient (Wildman–Crippen LogP) is 4.41. The van der Waals surface area contributed by atoms with E-state index in [0.29, 0.717) is 6.54 Å². The Hall–Kier alpha value is -0.977. The molecule has 28 heavy (non-hydrogen) atoms. The summed E-state index contributed by atoms with van der Waals surface area (Å²) in [5.74, 6) is 0.761. The average molecular weight is 532 g/mol. The molecule has 2 rings (SSSR count). The third kappa shape index (κ3) is 6.26. The summed E-state index contributed by atoms with van der Waals surface area (Å²) in [5.41, 5.74) is 2.48. The van der Waals surface area contributed by atoms with Crippen LogP contribution < -0.4 is 10.1 Å². The van der Waals surface area contributed by atoms with Gasteiger partial charge in [-0.3, -0.25) is 0 Å². The summed E-state index contributed by atoms with van der Waals surface area (Å²) < 4.78 is 33.6. The Morgan fingerprint density at radius 3 is 2.46 bits per heavy atom. The van der Waals surface area contributed by atoms with Crippen molar-refractivity contribution in [3.8, 4) is 5.75 Å². The molecule has 0 spiro atoms. The van der Waals surface area contributed by atoms with Crippen LogP contribution in [0.5, 0.6) is 5.75 Å². The van der Waals surface area contributed by atoms with Crippen LogP contribution in [0.3, 0.4) is 0 Å². The second-order valence-corrected chi connectivity index (χ2v) is 14.3. The van der Waals surface area contributed by atoms with Crippen molar-refractivity contribution in [3.05, 3.63) is 53.6 Å². The van der Waals surface area contributed by atoms with Crippen LogP contribution in [0, 0.1) is 0 Å². The summed E-state index contributed by atoms with van der Waals surface area (Å²) in [4.78, 5) is 0.208. The van der Waals surface area contributed by atoms with Crippen LogP contribution in [0.25, 0.3) is 0 Å². The third-order valence-corrected chi connectivity index (χ3v) is 7.45. The number of ether oxygens (including phenoxy) is 1. The van der Waals surface area contributed by atoms with Gasteiger partial charge in [-0.05, 0) is 0 Å². The Balaban J connectivity index is 2.35. The zero-order chi connectivity index (χ0) is 20.9. The van der Waals surface area contributed by atoms with Gasteiger partial charge in [-0.15, -0.1) is 0 Å². The molecule has 2 aromatic rings. The first-order chi connectivity index (χ1) is 13.1. The predicted molar refractivity (Wildman–Crippen MR) is 114 cm³/mol. The van der Waals surface area contributed by atoms with Gasteiger partial charge in [0.25, 0.3) is 0 Å². The summed E-state index contributed by atoms with van der Waals surface area (Å²) in [7, 11) is 11.6. The number of para-hydroxylation sites is 2. The fourth-order valence-corrected chi connectivity index (χ4v) is 5.24. The van der Waals surface area contributed by atoms with E-state index in [9.17, 15) is 8.42 Å². The van der Waals surface area contributed by atoms with Crippen molar-refractivity contribution in [1.29, 1.82) is 0 Å². The fraction of sp³-hybridized carbons (Fsp3) is 0.316. The molecule has 0 saturated heterocycles. The van der Waals surface area contributed by atoms with Gasteiger partial charge in [-0.1, -0.05) is 0 Å². The first kappa shape index (κ1) is 23.3. The van der Waals surface area contributed by atoms with Gasteiger partial charge in [-0.2, -0.15) is 0 Å². The molecule has 0 heterocycles. The molecule has 0 aromatic heterocycles. The molecule has 0 aliphatic rings. The maximum absolute atomic E-state index is 12.4. The average Bonchev–Trinajstić information content (AvgIpc) is 2.60. The Morgan fingerprint density at radius 1 is 1.18 bits per heavy atom. The second kappa shape index (κ2) is 10.2. The number of halogens is 2. The number of hydrogen-bond donors (Lipinski definition) is 1. The Morgan fingerprint density at radius 2 is 1.86 bits per heavy atom. The molecule has 0 bridgehead atoms. The number of nitrogens with one attached hydrogen (secondary N) is 1. The SMILES string of the molecule is CC(C)Oc1ccccc1NCc1ccc(S(=O)(=O)N(C)C)cc1[CH]=[Ru]([Cl])[Cl]. The molecule has 0 unspecified atom stereocenters. The molecular formula is C19H24Cl2N2O3RuS. The molecule has 0 amide bonds. The minimum absolute atomic E-state index is 0.0572. The van der Waals surface area contributed by atoms with Gasteiger partial charge >= 0.3 is 181 Å². The van der Waals surface area contributed by atoms with E-state index in [-0.39, 0.29) is 11.0 Å². The van der Waals surface area contributed by atoms with E-state index in [1.807, 2.05) is 38.1 Å². The van der Waals surface area contributed by atoms with E-state index in [1.165, 1.54) is 18.4 Å². The van der Waals surface area contributed by atoms with E-state index < -0.39 is 23.5 Å². The molecule has 0 aliphatic heterocycles. The van der Waals surface area contributed by atoms with E-state index >= 15 is 0 Å². The van der Waals surface area contributed by atoms with Crippen LogP contribution in [-0.4, -0.2) is 37.5 Å². The normalized spacial score (nSPS) is 12.2. The van der Waals surface area contributed by atoms with Crippen molar-refractivity contribution >= 4 is 39.7 Å². The zero-order valence-electron chi connectivity index (χ0n) is 16.1. The summed E-state index contributed by atoms with van der Waals surface area (Å²) in [6.45, 7) is 4.42. The number of hydrogen-bond acceptors (Lipinski definition) is 4. The van der Waals surface area contributed by atoms with Crippen molar-refractivity contribution in [3.63, 3.8) is 0 Å². The number of anilines is 1. The first-order valence-electron chi connectivity index (χ1n) is 8.49. The second-order valence-electron chi connectivity index (χ2n) is 6.47. The summed E-state index contributed by atoms with van der Waals surface area (Å²) in [6, 6.07) is 12.7. The quantitative estimate of drug-likeness (QED) is 0.512. The van der Waals surface area contributed by atoms with Crippen molar-refractivity contribution in [1.82, 2.24) is 4.31 Å². The number of rotatable bonds is 8.